The number of halogens is 3. The molecule has 11 heteroatoms. The van der Waals surface area contributed by atoms with Crippen molar-refractivity contribution >= 4 is 38.8 Å². The molecule has 0 aliphatic heterocycles. The summed E-state index contributed by atoms with van der Waals surface area (Å²) in [4.78, 5) is 24.9. The molecule has 35 heavy (non-hydrogen) atoms. The molecule has 4 rings (SSSR count). The molecular formula is C24H24ClF2NO6S. The number of aliphatic hydroxyl groups excluding tert-OH is 1. The van der Waals surface area contributed by atoms with Crippen LogP contribution in [-0.2, 0) is 14.6 Å². The molecule has 7 nitrogen and oxygen atoms in total. The summed E-state index contributed by atoms with van der Waals surface area (Å²) in [6, 6.07) is 6.51. The molecule has 2 aliphatic carbocycles. The summed E-state index contributed by atoms with van der Waals surface area (Å²) >= 11 is 6.20. The molecule has 2 bridgehead atoms. The minimum absolute atomic E-state index is 0.00933. The van der Waals surface area contributed by atoms with Gasteiger partial charge in [0.25, 0.3) is 5.91 Å². The summed E-state index contributed by atoms with van der Waals surface area (Å²) in [5.74, 6) is -4.92. The maximum atomic E-state index is 13.5. The zero-order chi connectivity index (χ0) is 25.7. The number of hydrogen-bond donors (Lipinski definition) is 3. The van der Waals surface area contributed by atoms with Crippen molar-refractivity contribution in [3.8, 4) is 0 Å². The Labute approximate surface area is 206 Å². The van der Waals surface area contributed by atoms with Crippen LogP contribution in [-0.4, -0.2) is 47.3 Å². The van der Waals surface area contributed by atoms with Gasteiger partial charge in [-0.1, -0.05) is 11.6 Å². The fourth-order valence-corrected chi connectivity index (χ4v) is 7.71. The maximum absolute atomic E-state index is 13.5. The number of rotatable bonds is 6. The summed E-state index contributed by atoms with van der Waals surface area (Å²) in [6.07, 6.45) is -0.438. The van der Waals surface area contributed by atoms with Crippen LogP contribution in [0.15, 0.2) is 41.3 Å². The van der Waals surface area contributed by atoms with Gasteiger partial charge in [0.1, 0.15) is 11.7 Å². The monoisotopic (exact) mass is 527 g/mol. The third kappa shape index (κ3) is 4.48. The van der Waals surface area contributed by atoms with Gasteiger partial charge < -0.3 is 15.5 Å². The lowest BCUT2D eigenvalue weighted by Gasteiger charge is -2.41. The lowest BCUT2D eigenvalue weighted by atomic mass is 9.71. The van der Waals surface area contributed by atoms with Crippen molar-refractivity contribution in [2.24, 2.45) is 11.8 Å². The molecule has 2 aromatic rings. The van der Waals surface area contributed by atoms with E-state index in [1.165, 1.54) is 19.1 Å². The van der Waals surface area contributed by atoms with Crippen LogP contribution in [0.3, 0.4) is 0 Å². The minimum atomic E-state index is -4.06. The van der Waals surface area contributed by atoms with Gasteiger partial charge in [-0.2, -0.15) is 0 Å². The van der Waals surface area contributed by atoms with Gasteiger partial charge in [0.15, 0.2) is 27.3 Å². The van der Waals surface area contributed by atoms with Crippen molar-refractivity contribution in [2.45, 2.75) is 54.5 Å². The Morgan fingerprint density at radius 2 is 1.71 bits per heavy atom. The van der Waals surface area contributed by atoms with Crippen molar-refractivity contribution in [3.63, 3.8) is 0 Å². The van der Waals surface area contributed by atoms with Crippen LogP contribution in [0.1, 0.15) is 43.0 Å². The highest BCUT2D eigenvalue weighted by atomic mass is 35.5. The van der Waals surface area contributed by atoms with E-state index in [1.54, 1.807) is 0 Å². The van der Waals surface area contributed by atoms with E-state index >= 15 is 0 Å². The fourth-order valence-electron chi connectivity index (χ4n) is 5.31. The molecule has 0 radical (unpaired) electrons. The first kappa shape index (κ1) is 25.7. The van der Waals surface area contributed by atoms with Gasteiger partial charge in [0.05, 0.1) is 15.2 Å². The Kier molecular flexibility index (Phi) is 6.78. The van der Waals surface area contributed by atoms with Crippen LogP contribution in [0, 0.1) is 23.5 Å². The standard InChI is InChI=1S/C24H24ClF2NO6S/c1-12(29)22(30)24(32)14-3-4-15(24)10-17(9-14)35(33,34)21-8-13(2-6-18(21)25)23(31)28-16-5-7-19(26)20(27)11-16/h2,5-8,11-12,14-15,17,29,32H,3-4,9-10H2,1H3,(H,28,31)/t12-,14-,15+,17?,24?/m0/s1. The largest absolute Gasteiger partial charge is 0.385 e. The van der Waals surface area contributed by atoms with Gasteiger partial charge in [0.2, 0.25) is 0 Å². The van der Waals surface area contributed by atoms with E-state index in [0.29, 0.717) is 12.8 Å². The number of hydrogen-bond acceptors (Lipinski definition) is 6. The van der Waals surface area contributed by atoms with E-state index in [0.717, 1.165) is 24.3 Å². The zero-order valence-electron chi connectivity index (χ0n) is 18.7. The highest BCUT2D eigenvalue weighted by Gasteiger charge is 2.60. The average Bonchev–Trinajstić information content (AvgIpc) is 2.97. The number of benzene rings is 2. The summed E-state index contributed by atoms with van der Waals surface area (Å²) in [5, 5.41) is 22.2. The van der Waals surface area contributed by atoms with E-state index in [2.05, 4.69) is 5.32 Å². The van der Waals surface area contributed by atoms with Crippen molar-refractivity contribution in [1.29, 1.82) is 0 Å². The number of anilines is 1. The number of amides is 1. The Balaban J connectivity index is 1.59. The van der Waals surface area contributed by atoms with Crippen LogP contribution < -0.4 is 5.32 Å². The second-order valence-corrected chi connectivity index (χ2v) is 11.8. The minimum Gasteiger partial charge on any atom is -0.385 e. The first-order valence-electron chi connectivity index (χ1n) is 11.1. The van der Waals surface area contributed by atoms with Gasteiger partial charge in [-0.25, -0.2) is 17.2 Å². The maximum Gasteiger partial charge on any atom is 0.255 e. The molecule has 0 heterocycles. The third-order valence-corrected chi connectivity index (χ3v) is 9.75. The van der Waals surface area contributed by atoms with Crippen molar-refractivity contribution in [2.75, 3.05) is 5.32 Å². The van der Waals surface area contributed by atoms with E-state index in [4.69, 9.17) is 11.6 Å². The molecular weight excluding hydrogens is 504 g/mol. The Morgan fingerprint density at radius 1 is 1.09 bits per heavy atom. The number of carbonyl (C=O) groups is 2. The van der Waals surface area contributed by atoms with E-state index in [9.17, 15) is 37.0 Å². The Morgan fingerprint density at radius 3 is 2.29 bits per heavy atom. The first-order valence-corrected chi connectivity index (χ1v) is 13.0. The zero-order valence-corrected chi connectivity index (χ0v) is 20.2. The number of carbonyl (C=O) groups excluding carboxylic acids is 2. The van der Waals surface area contributed by atoms with Crippen LogP contribution in [0.5, 0.6) is 0 Å². The molecule has 2 aromatic carbocycles. The predicted octanol–water partition coefficient (Wildman–Crippen LogP) is 3.51. The van der Waals surface area contributed by atoms with E-state index in [-0.39, 0.29) is 34.0 Å². The lowest BCUT2D eigenvalue weighted by Crippen LogP contribution is -2.56. The first-order chi connectivity index (χ1) is 16.4. The molecule has 0 spiro atoms. The van der Waals surface area contributed by atoms with Crippen LogP contribution in [0.2, 0.25) is 5.02 Å². The smallest absolute Gasteiger partial charge is 0.255 e. The van der Waals surface area contributed by atoms with Crippen LogP contribution in [0.4, 0.5) is 14.5 Å². The summed E-state index contributed by atoms with van der Waals surface area (Å²) in [5.41, 5.74) is -1.84. The van der Waals surface area contributed by atoms with Gasteiger partial charge in [0, 0.05) is 17.3 Å². The van der Waals surface area contributed by atoms with Crippen LogP contribution >= 0.6 is 11.6 Å². The molecule has 0 saturated heterocycles. The number of ketones is 1. The van der Waals surface area contributed by atoms with Gasteiger partial charge in [-0.15, -0.1) is 0 Å². The summed E-state index contributed by atoms with van der Waals surface area (Å²) in [6.45, 7) is 1.28. The summed E-state index contributed by atoms with van der Waals surface area (Å²) < 4.78 is 53.7. The molecule has 5 atom stereocenters. The van der Waals surface area contributed by atoms with E-state index < -0.39 is 62.0 Å². The van der Waals surface area contributed by atoms with Crippen molar-refractivity contribution in [1.82, 2.24) is 0 Å². The van der Waals surface area contributed by atoms with Crippen molar-refractivity contribution in [3.05, 3.63) is 58.6 Å². The fraction of sp³-hybridized carbons (Fsp3) is 0.417. The van der Waals surface area contributed by atoms with Gasteiger partial charge in [-0.05, 0) is 74.8 Å². The number of fused-ring (bicyclic) bond motifs is 2. The molecule has 0 aromatic heterocycles. The number of aliphatic hydroxyl groups is 2. The number of Topliss-reactive ketones (excluding diaryl/α,β-unsaturated/α-hetero) is 1. The second-order valence-electron chi connectivity index (χ2n) is 9.20. The lowest BCUT2D eigenvalue weighted by molar-refractivity contribution is -0.157. The highest BCUT2D eigenvalue weighted by molar-refractivity contribution is 7.92. The molecule has 1 amide bonds. The third-order valence-electron chi connectivity index (χ3n) is 7.09. The topological polar surface area (TPSA) is 121 Å². The van der Waals surface area contributed by atoms with Crippen LogP contribution in [0.25, 0.3) is 0 Å². The highest BCUT2D eigenvalue weighted by Crippen LogP contribution is 2.52. The SMILES string of the molecule is C[C@H](O)C(=O)C1(O)[C@@H]2CC[C@H]1CC(S(=O)(=O)c1cc(C(=O)Nc3ccc(F)c(F)c3)ccc1Cl)C2. The second kappa shape index (κ2) is 9.24. The molecule has 188 valence electrons. The molecule has 2 unspecified atom stereocenters. The Bertz CT molecular complexity index is 1280. The summed E-state index contributed by atoms with van der Waals surface area (Å²) in [7, 11) is -4.06. The van der Waals surface area contributed by atoms with E-state index in [1.807, 2.05) is 0 Å². The average molecular weight is 528 g/mol. The predicted molar refractivity (Wildman–Crippen MR) is 124 cm³/mol. The molecule has 3 N–H and O–H groups in total. The molecule has 2 saturated carbocycles. The number of nitrogens with one attached hydrogen (secondary N) is 1. The molecule has 2 aliphatic rings. The number of sulfone groups is 1. The molecule has 2 fully saturated rings. The Hall–Kier alpha value is -2.40. The van der Waals surface area contributed by atoms with Gasteiger partial charge in [-0.3, -0.25) is 9.59 Å². The normalized spacial score (nSPS) is 26.9. The van der Waals surface area contributed by atoms with Gasteiger partial charge >= 0.3 is 0 Å². The quantitative estimate of drug-likeness (QED) is 0.528. The van der Waals surface area contributed by atoms with Crippen molar-refractivity contribution < 1.29 is 37.0 Å².